The van der Waals surface area contributed by atoms with Crippen LogP contribution in [-0.2, 0) is 9.53 Å². The van der Waals surface area contributed by atoms with Gasteiger partial charge in [0.05, 0.1) is 18.6 Å². The Morgan fingerprint density at radius 1 is 1.53 bits per heavy atom. The number of rotatable bonds is 3. The van der Waals surface area contributed by atoms with Gasteiger partial charge in [-0.2, -0.15) is 0 Å². The summed E-state index contributed by atoms with van der Waals surface area (Å²) in [6.07, 6.45) is 6.32. The van der Waals surface area contributed by atoms with Crippen LogP contribution >= 0.6 is 0 Å². The molecule has 0 aromatic rings. The lowest BCUT2D eigenvalue weighted by Crippen LogP contribution is -2.49. The molecule has 0 aromatic heterocycles. The summed E-state index contributed by atoms with van der Waals surface area (Å²) in [4.78, 5) is 11.8. The van der Waals surface area contributed by atoms with Crippen molar-refractivity contribution in [3.05, 3.63) is 11.6 Å². The summed E-state index contributed by atoms with van der Waals surface area (Å²) in [5, 5.41) is 11.0. The molecule has 3 heteroatoms. The predicted octanol–water partition coefficient (Wildman–Crippen LogP) is 3.07. The Morgan fingerprint density at radius 3 is 2.95 bits per heavy atom. The van der Waals surface area contributed by atoms with E-state index in [1.807, 2.05) is 0 Å². The molecule has 0 unspecified atom stereocenters. The summed E-state index contributed by atoms with van der Waals surface area (Å²) in [6.45, 7) is 6.59. The van der Waals surface area contributed by atoms with Crippen LogP contribution in [0.1, 0.15) is 52.9 Å². The van der Waals surface area contributed by atoms with Crippen LogP contribution in [-0.4, -0.2) is 23.3 Å². The van der Waals surface area contributed by atoms with Gasteiger partial charge in [0.25, 0.3) is 0 Å². The summed E-state index contributed by atoms with van der Waals surface area (Å²) in [5.74, 6) is 0.998. The van der Waals surface area contributed by atoms with Gasteiger partial charge in [0.1, 0.15) is 0 Å². The molecule has 0 heterocycles. The standard InChI is InChI=1S/C16H26O3/c1-4-19-15(17)10-16(18)8-7-12(3)13-6-5-11(2)9-14(13)16/h9,12-14,18H,4-8,10H2,1-3H3/t12-,13+,14-,16-/m0/s1. The highest BCUT2D eigenvalue weighted by molar-refractivity contribution is 5.70. The molecule has 0 amide bonds. The van der Waals surface area contributed by atoms with E-state index in [9.17, 15) is 9.90 Å². The third kappa shape index (κ3) is 3.02. The lowest BCUT2D eigenvalue weighted by atomic mass is 9.60. The van der Waals surface area contributed by atoms with Gasteiger partial charge in [-0.05, 0) is 51.4 Å². The number of ether oxygens (including phenoxy) is 1. The SMILES string of the molecule is CCOC(=O)C[C@@]1(O)CC[C@H](C)[C@H]2CCC(C)=C[C@@H]21. The summed E-state index contributed by atoms with van der Waals surface area (Å²) < 4.78 is 5.02. The molecule has 0 saturated heterocycles. The Balaban J connectivity index is 2.18. The second kappa shape index (κ2) is 5.66. The summed E-state index contributed by atoms with van der Waals surface area (Å²) >= 11 is 0. The van der Waals surface area contributed by atoms with Crippen LogP contribution in [0.15, 0.2) is 11.6 Å². The Kier molecular flexibility index (Phi) is 4.34. The lowest BCUT2D eigenvalue weighted by molar-refractivity contribution is -0.155. The van der Waals surface area contributed by atoms with Crippen LogP contribution in [0.5, 0.6) is 0 Å². The third-order valence-corrected chi connectivity index (χ3v) is 4.94. The van der Waals surface area contributed by atoms with Crippen molar-refractivity contribution in [2.24, 2.45) is 17.8 Å². The molecule has 4 atom stereocenters. The quantitative estimate of drug-likeness (QED) is 0.631. The molecule has 0 spiro atoms. The molecule has 1 N–H and O–H groups in total. The number of esters is 1. The zero-order valence-corrected chi connectivity index (χ0v) is 12.3. The minimum Gasteiger partial charge on any atom is -0.466 e. The Morgan fingerprint density at radius 2 is 2.26 bits per heavy atom. The first-order valence-corrected chi connectivity index (χ1v) is 7.51. The maximum absolute atomic E-state index is 11.8. The fourth-order valence-corrected chi connectivity index (χ4v) is 3.81. The van der Waals surface area contributed by atoms with Crippen molar-refractivity contribution >= 4 is 5.97 Å². The number of fused-ring (bicyclic) bond motifs is 1. The van der Waals surface area contributed by atoms with E-state index in [1.165, 1.54) is 5.57 Å². The van der Waals surface area contributed by atoms with E-state index in [0.29, 0.717) is 24.9 Å². The average molecular weight is 266 g/mol. The summed E-state index contributed by atoms with van der Waals surface area (Å²) in [6, 6.07) is 0. The summed E-state index contributed by atoms with van der Waals surface area (Å²) in [5.41, 5.74) is 0.447. The first-order valence-electron chi connectivity index (χ1n) is 7.51. The van der Waals surface area contributed by atoms with E-state index in [-0.39, 0.29) is 18.3 Å². The fourth-order valence-electron chi connectivity index (χ4n) is 3.81. The first kappa shape index (κ1) is 14.6. The largest absolute Gasteiger partial charge is 0.466 e. The normalized spacial score (nSPS) is 38.3. The second-order valence-electron chi connectivity index (χ2n) is 6.34. The molecule has 1 saturated carbocycles. The van der Waals surface area contributed by atoms with Crippen LogP contribution in [0.4, 0.5) is 0 Å². The molecule has 3 nitrogen and oxygen atoms in total. The van der Waals surface area contributed by atoms with Gasteiger partial charge in [0, 0.05) is 5.92 Å². The van der Waals surface area contributed by atoms with E-state index in [1.54, 1.807) is 6.92 Å². The lowest BCUT2D eigenvalue weighted by Gasteiger charge is -2.48. The van der Waals surface area contributed by atoms with Gasteiger partial charge in [-0.15, -0.1) is 0 Å². The van der Waals surface area contributed by atoms with Gasteiger partial charge in [0.2, 0.25) is 0 Å². The van der Waals surface area contributed by atoms with Gasteiger partial charge in [-0.1, -0.05) is 18.6 Å². The molecule has 0 radical (unpaired) electrons. The van der Waals surface area contributed by atoms with Gasteiger partial charge in [0.15, 0.2) is 0 Å². The van der Waals surface area contributed by atoms with Crippen LogP contribution in [0, 0.1) is 17.8 Å². The minimum atomic E-state index is -0.898. The van der Waals surface area contributed by atoms with Gasteiger partial charge in [-0.3, -0.25) is 4.79 Å². The van der Waals surface area contributed by atoms with Crippen molar-refractivity contribution < 1.29 is 14.6 Å². The highest BCUT2D eigenvalue weighted by Gasteiger charge is 2.48. The van der Waals surface area contributed by atoms with Gasteiger partial charge in [-0.25, -0.2) is 0 Å². The highest BCUT2D eigenvalue weighted by atomic mass is 16.5. The smallest absolute Gasteiger partial charge is 0.308 e. The predicted molar refractivity (Wildman–Crippen MR) is 74.6 cm³/mol. The number of aliphatic hydroxyl groups is 1. The number of carbonyl (C=O) groups excluding carboxylic acids is 1. The highest BCUT2D eigenvalue weighted by Crippen LogP contribution is 2.48. The van der Waals surface area contributed by atoms with Crippen molar-refractivity contribution in [3.8, 4) is 0 Å². The first-order chi connectivity index (χ1) is 8.96. The molecular weight excluding hydrogens is 240 g/mol. The average Bonchev–Trinajstić information content (AvgIpc) is 2.35. The number of allylic oxidation sites excluding steroid dienone is 1. The second-order valence-corrected chi connectivity index (χ2v) is 6.34. The van der Waals surface area contributed by atoms with E-state index in [0.717, 1.165) is 19.3 Å². The molecule has 0 aliphatic heterocycles. The minimum absolute atomic E-state index is 0.120. The van der Waals surface area contributed by atoms with Crippen LogP contribution < -0.4 is 0 Å². The zero-order valence-electron chi connectivity index (χ0n) is 12.3. The number of hydrogen-bond donors (Lipinski definition) is 1. The van der Waals surface area contributed by atoms with E-state index in [2.05, 4.69) is 19.9 Å². The third-order valence-electron chi connectivity index (χ3n) is 4.94. The molecule has 0 aromatic carbocycles. The van der Waals surface area contributed by atoms with E-state index >= 15 is 0 Å². The van der Waals surface area contributed by atoms with Gasteiger partial charge >= 0.3 is 5.97 Å². The fraction of sp³-hybridized carbons (Fsp3) is 0.812. The van der Waals surface area contributed by atoms with Crippen LogP contribution in [0.3, 0.4) is 0 Å². The monoisotopic (exact) mass is 266 g/mol. The Hall–Kier alpha value is -0.830. The maximum atomic E-state index is 11.8. The van der Waals surface area contributed by atoms with Crippen LogP contribution in [0.25, 0.3) is 0 Å². The number of hydrogen-bond acceptors (Lipinski definition) is 3. The molecule has 2 aliphatic carbocycles. The number of carbonyl (C=O) groups is 1. The molecule has 0 bridgehead atoms. The maximum Gasteiger partial charge on any atom is 0.308 e. The van der Waals surface area contributed by atoms with Crippen molar-refractivity contribution in [1.82, 2.24) is 0 Å². The summed E-state index contributed by atoms with van der Waals surface area (Å²) in [7, 11) is 0. The van der Waals surface area contributed by atoms with Crippen molar-refractivity contribution in [3.63, 3.8) is 0 Å². The molecule has 108 valence electrons. The molecule has 2 rings (SSSR count). The van der Waals surface area contributed by atoms with Gasteiger partial charge < -0.3 is 9.84 Å². The van der Waals surface area contributed by atoms with Crippen molar-refractivity contribution in [1.29, 1.82) is 0 Å². The van der Waals surface area contributed by atoms with E-state index in [4.69, 9.17) is 4.74 Å². The topological polar surface area (TPSA) is 46.5 Å². The van der Waals surface area contributed by atoms with Crippen molar-refractivity contribution in [2.75, 3.05) is 6.61 Å². The molecule has 1 fully saturated rings. The molecule has 19 heavy (non-hydrogen) atoms. The van der Waals surface area contributed by atoms with E-state index < -0.39 is 5.60 Å². The molecule has 2 aliphatic rings. The Labute approximate surface area is 116 Å². The van der Waals surface area contributed by atoms with Crippen LogP contribution in [0.2, 0.25) is 0 Å². The molecular formula is C16H26O3. The van der Waals surface area contributed by atoms with Crippen molar-refractivity contribution in [2.45, 2.75) is 58.5 Å². The Bertz CT molecular complexity index is 374. The zero-order chi connectivity index (χ0) is 14.0.